The van der Waals surface area contributed by atoms with Crippen molar-refractivity contribution in [1.82, 2.24) is 4.90 Å². The lowest BCUT2D eigenvalue weighted by atomic mass is 9.78. The number of halogens is 4. The van der Waals surface area contributed by atoms with Crippen molar-refractivity contribution in [2.45, 2.75) is 51.2 Å². The predicted octanol–water partition coefficient (Wildman–Crippen LogP) is 6.68. The Morgan fingerprint density at radius 2 is 1.58 bits per heavy atom. The molecule has 0 fully saturated rings. The van der Waals surface area contributed by atoms with Crippen molar-refractivity contribution in [3.63, 3.8) is 0 Å². The summed E-state index contributed by atoms with van der Waals surface area (Å²) in [4.78, 5) is 27.7. The van der Waals surface area contributed by atoms with Crippen LogP contribution in [0.5, 0.6) is 5.75 Å². The van der Waals surface area contributed by atoms with Gasteiger partial charge in [-0.25, -0.2) is 9.18 Å². The molecule has 0 radical (unpaired) electrons. The van der Waals surface area contributed by atoms with Gasteiger partial charge in [-0.3, -0.25) is 4.79 Å². The molecule has 0 spiro atoms. The van der Waals surface area contributed by atoms with E-state index < -0.39 is 34.8 Å². The number of hydrogen-bond donors (Lipinski definition) is 0. The number of fused-ring (bicyclic) bond motifs is 3. The number of carbonyl (C=O) groups excluding carboxylic acids is 2. The van der Waals surface area contributed by atoms with Gasteiger partial charge in [0.05, 0.1) is 5.56 Å². The third kappa shape index (κ3) is 3.73. The Morgan fingerprint density at radius 3 is 2.21 bits per heavy atom. The van der Waals surface area contributed by atoms with Gasteiger partial charge in [-0.2, -0.15) is 13.2 Å². The summed E-state index contributed by atoms with van der Waals surface area (Å²) in [7, 11) is 0. The minimum absolute atomic E-state index is 0.0147. The molecule has 2 heterocycles. The maximum atomic E-state index is 15.0. The molecule has 196 valence electrons. The maximum Gasteiger partial charge on any atom is 0.410 e. The highest BCUT2D eigenvalue weighted by atomic mass is 19.4. The van der Waals surface area contributed by atoms with Crippen LogP contribution in [0.4, 0.5) is 17.6 Å². The van der Waals surface area contributed by atoms with Crippen LogP contribution in [0.2, 0.25) is 0 Å². The third-order valence-corrected chi connectivity index (χ3v) is 7.31. The second-order valence-electron chi connectivity index (χ2n) is 10.4. The van der Waals surface area contributed by atoms with E-state index in [0.29, 0.717) is 12.0 Å². The topological polar surface area (TPSA) is 46.6 Å². The van der Waals surface area contributed by atoms with Crippen LogP contribution in [0.25, 0.3) is 5.70 Å². The zero-order valence-electron chi connectivity index (χ0n) is 21.2. The smallest absolute Gasteiger partial charge is 0.410 e. The summed E-state index contributed by atoms with van der Waals surface area (Å²) in [5, 5.41) is 0. The van der Waals surface area contributed by atoms with Crippen molar-refractivity contribution in [1.29, 1.82) is 0 Å². The van der Waals surface area contributed by atoms with E-state index in [-0.39, 0.29) is 33.7 Å². The molecule has 3 aromatic carbocycles. The lowest BCUT2D eigenvalue weighted by molar-refractivity contribution is -0.187. The highest BCUT2D eigenvalue weighted by Crippen LogP contribution is 2.55. The van der Waals surface area contributed by atoms with Crippen LogP contribution in [0, 0.1) is 19.7 Å². The molecular formula is C30H25F4NO3. The van der Waals surface area contributed by atoms with E-state index in [1.54, 1.807) is 26.0 Å². The summed E-state index contributed by atoms with van der Waals surface area (Å²) in [6.07, 6.45) is -3.53. The molecule has 2 aliphatic rings. The molecule has 1 amide bonds. The van der Waals surface area contributed by atoms with Gasteiger partial charge < -0.3 is 9.64 Å². The second kappa shape index (κ2) is 8.55. The number of alkyl halides is 3. The number of benzene rings is 3. The van der Waals surface area contributed by atoms with E-state index in [1.165, 1.54) is 49.1 Å². The van der Waals surface area contributed by atoms with Crippen LogP contribution >= 0.6 is 0 Å². The molecule has 2 aliphatic heterocycles. The summed E-state index contributed by atoms with van der Waals surface area (Å²) in [6, 6.07) is 14.9. The Kier molecular flexibility index (Phi) is 5.78. The molecule has 8 heteroatoms. The summed E-state index contributed by atoms with van der Waals surface area (Å²) in [5.41, 5.74) is -2.27. The highest BCUT2D eigenvalue weighted by molar-refractivity contribution is 6.05. The monoisotopic (exact) mass is 523 g/mol. The van der Waals surface area contributed by atoms with Gasteiger partial charge in [-0.05, 0) is 74.6 Å². The minimum atomic E-state index is -4.95. The molecule has 38 heavy (non-hydrogen) atoms. The fourth-order valence-corrected chi connectivity index (χ4v) is 5.57. The van der Waals surface area contributed by atoms with Gasteiger partial charge in [0.1, 0.15) is 11.6 Å². The first-order valence-corrected chi connectivity index (χ1v) is 12.1. The first-order valence-electron chi connectivity index (χ1n) is 12.1. The molecule has 3 aromatic rings. The van der Waals surface area contributed by atoms with Gasteiger partial charge in [-0.1, -0.05) is 48.5 Å². The maximum absolute atomic E-state index is 15.0. The van der Waals surface area contributed by atoms with E-state index in [4.69, 9.17) is 4.74 Å². The fourth-order valence-electron chi connectivity index (χ4n) is 5.57. The Bertz CT molecular complexity index is 1500. The number of aryl methyl sites for hydroxylation is 2. The summed E-state index contributed by atoms with van der Waals surface area (Å²) >= 11 is 0. The number of carbonyl (C=O) groups is 2. The van der Waals surface area contributed by atoms with Crippen molar-refractivity contribution >= 4 is 17.6 Å². The minimum Gasteiger partial charge on any atom is -0.422 e. The van der Waals surface area contributed by atoms with E-state index >= 15 is 13.2 Å². The van der Waals surface area contributed by atoms with E-state index in [1.807, 2.05) is 12.1 Å². The SMILES string of the molecule is Cc1cc([C@]2(C(F)(F)F)C=C3c4ccccc4CC(C)(C)N3C2=O)cc(C)c1OC(=O)c1ccccc1F. The Hall–Kier alpha value is -3.94. The standard InChI is InChI=1S/C30H25F4NO3/c1-17-13-20(14-18(2)25(17)38-26(36)22-11-7-8-12-23(22)31)29(30(32,33)34)16-24-21-10-6-5-9-19(21)15-28(3,4)35(24)27(29)37/h5-14,16H,15H2,1-4H3/t29-/m1/s1. The molecule has 0 unspecified atom stereocenters. The quantitative estimate of drug-likeness (QED) is 0.219. The number of nitrogens with zero attached hydrogens (tertiary/aromatic N) is 1. The van der Waals surface area contributed by atoms with Gasteiger partial charge >= 0.3 is 12.1 Å². The van der Waals surface area contributed by atoms with E-state index in [9.17, 15) is 14.0 Å². The second-order valence-corrected chi connectivity index (χ2v) is 10.4. The van der Waals surface area contributed by atoms with Crippen LogP contribution in [-0.2, 0) is 16.6 Å². The van der Waals surface area contributed by atoms with Gasteiger partial charge in [0.2, 0.25) is 0 Å². The predicted molar refractivity (Wildman–Crippen MR) is 134 cm³/mol. The number of hydrogen-bond acceptors (Lipinski definition) is 3. The molecule has 1 atom stereocenters. The zero-order chi connectivity index (χ0) is 27.6. The number of esters is 1. The summed E-state index contributed by atoms with van der Waals surface area (Å²) in [6.45, 7) is 6.49. The van der Waals surface area contributed by atoms with E-state index in [2.05, 4.69) is 0 Å². The summed E-state index contributed by atoms with van der Waals surface area (Å²) < 4.78 is 64.6. The largest absolute Gasteiger partial charge is 0.422 e. The first kappa shape index (κ1) is 25.7. The molecule has 0 bridgehead atoms. The molecule has 5 rings (SSSR count). The van der Waals surface area contributed by atoms with Gasteiger partial charge in [0.25, 0.3) is 5.91 Å². The average molecular weight is 524 g/mol. The average Bonchev–Trinajstić information content (AvgIpc) is 3.16. The van der Waals surface area contributed by atoms with Crippen molar-refractivity contribution in [3.05, 3.63) is 106 Å². The number of ether oxygens (including phenoxy) is 1. The normalized spacial score (nSPS) is 20.1. The third-order valence-electron chi connectivity index (χ3n) is 7.31. The molecular weight excluding hydrogens is 498 g/mol. The lowest BCUT2D eigenvalue weighted by Crippen LogP contribution is -2.56. The van der Waals surface area contributed by atoms with Gasteiger partial charge in [-0.15, -0.1) is 0 Å². The molecule has 0 aliphatic carbocycles. The van der Waals surface area contributed by atoms with Crippen LogP contribution in [0.3, 0.4) is 0 Å². The van der Waals surface area contributed by atoms with Crippen LogP contribution < -0.4 is 4.74 Å². The molecule has 0 N–H and O–H groups in total. The van der Waals surface area contributed by atoms with Gasteiger partial charge in [0, 0.05) is 16.8 Å². The van der Waals surface area contributed by atoms with Crippen LogP contribution in [0.1, 0.15) is 52.0 Å². The number of rotatable bonds is 3. The van der Waals surface area contributed by atoms with Crippen molar-refractivity contribution in [2.24, 2.45) is 0 Å². The zero-order valence-corrected chi connectivity index (χ0v) is 21.2. The fraction of sp³-hybridized carbons (Fsp3) is 0.267. The van der Waals surface area contributed by atoms with E-state index in [0.717, 1.165) is 17.7 Å². The van der Waals surface area contributed by atoms with Crippen molar-refractivity contribution in [3.8, 4) is 5.75 Å². The molecule has 4 nitrogen and oxygen atoms in total. The Balaban J connectivity index is 1.65. The van der Waals surface area contributed by atoms with Crippen molar-refractivity contribution < 1.29 is 31.9 Å². The Labute approximate surface area is 217 Å². The lowest BCUT2D eigenvalue weighted by Gasteiger charge is -2.43. The van der Waals surface area contributed by atoms with Crippen LogP contribution in [0.15, 0.2) is 66.7 Å². The molecule has 0 aromatic heterocycles. The Morgan fingerprint density at radius 1 is 0.974 bits per heavy atom. The van der Waals surface area contributed by atoms with Crippen molar-refractivity contribution in [2.75, 3.05) is 0 Å². The molecule has 0 saturated carbocycles. The highest BCUT2D eigenvalue weighted by Gasteiger charge is 2.67. The van der Waals surface area contributed by atoms with Crippen LogP contribution in [-0.4, -0.2) is 28.5 Å². The molecule has 0 saturated heterocycles. The van der Waals surface area contributed by atoms with Gasteiger partial charge in [0.15, 0.2) is 5.41 Å². The first-order chi connectivity index (χ1) is 17.8. The summed E-state index contributed by atoms with van der Waals surface area (Å²) in [5.74, 6) is -2.81. The number of amides is 1.